The molecule has 88 valence electrons. The minimum atomic E-state index is -0.0631. The molecule has 1 unspecified atom stereocenters. The minimum absolute atomic E-state index is 0.0631. The third-order valence-electron chi connectivity index (χ3n) is 2.86. The fraction of sp³-hybridized carbons (Fsp3) is 0.571. The summed E-state index contributed by atoms with van der Waals surface area (Å²) in [6, 6.07) is 6.55. The van der Waals surface area contributed by atoms with E-state index in [1.165, 1.54) is 28.4 Å². The summed E-state index contributed by atoms with van der Waals surface area (Å²) in [6.07, 6.45) is 3.83. The van der Waals surface area contributed by atoms with Crippen LogP contribution in [0, 0.1) is 0 Å². The summed E-state index contributed by atoms with van der Waals surface area (Å²) in [5.41, 5.74) is 2.76. The highest BCUT2D eigenvalue weighted by Crippen LogP contribution is 2.36. The molecule has 0 radical (unpaired) electrons. The summed E-state index contributed by atoms with van der Waals surface area (Å²) in [4.78, 5) is 0. The average molecular weight is 283 g/mol. The Morgan fingerprint density at radius 2 is 2.06 bits per heavy atom. The SMILES string of the molecule is CC(C)(C)OC1CCCc2cc(Br)ccc21. The van der Waals surface area contributed by atoms with Crippen LogP contribution in [0.25, 0.3) is 0 Å². The smallest absolute Gasteiger partial charge is 0.0834 e. The Labute approximate surface area is 106 Å². The quantitative estimate of drug-likeness (QED) is 0.729. The van der Waals surface area contributed by atoms with Crippen molar-refractivity contribution in [3.05, 3.63) is 33.8 Å². The summed E-state index contributed by atoms with van der Waals surface area (Å²) < 4.78 is 7.30. The largest absolute Gasteiger partial charge is 0.368 e. The van der Waals surface area contributed by atoms with Crippen LogP contribution in [-0.2, 0) is 11.2 Å². The highest BCUT2D eigenvalue weighted by molar-refractivity contribution is 9.10. The van der Waals surface area contributed by atoms with Gasteiger partial charge in [0.25, 0.3) is 0 Å². The molecule has 1 aromatic rings. The number of fused-ring (bicyclic) bond motifs is 1. The molecule has 2 rings (SSSR count). The van der Waals surface area contributed by atoms with Gasteiger partial charge in [0.05, 0.1) is 11.7 Å². The van der Waals surface area contributed by atoms with Crippen molar-refractivity contribution < 1.29 is 4.74 Å². The Kier molecular flexibility index (Phi) is 3.41. The second-order valence-corrected chi connectivity index (χ2v) is 6.37. The molecule has 16 heavy (non-hydrogen) atoms. The maximum atomic E-state index is 6.13. The number of hydrogen-bond donors (Lipinski definition) is 0. The lowest BCUT2D eigenvalue weighted by Crippen LogP contribution is -2.25. The van der Waals surface area contributed by atoms with Crippen molar-refractivity contribution in [3.8, 4) is 0 Å². The van der Waals surface area contributed by atoms with Crippen LogP contribution in [0.4, 0.5) is 0 Å². The fourth-order valence-corrected chi connectivity index (χ4v) is 2.70. The highest BCUT2D eigenvalue weighted by atomic mass is 79.9. The fourth-order valence-electron chi connectivity index (χ4n) is 2.29. The van der Waals surface area contributed by atoms with Crippen molar-refractivity contribution in [2.45, 2.75) is 51.7 Å². The van der Waals surface area contributed by atoms with Gasteiger partial charge in [-0.25, -0.2) is 0 Å². The number of ether oxygens (including phenoxy) is 1. The predicted molar refractivity (Wildman–Crippen MR) is 70.7 cm³/mol. The molecule has 1 aliphatic carbocycles. The molecular weight excluding hydrogens is 264 g/mol. The van der Waals surface area contributed by atoms with Gasteiger partial charge in [0.2, 0.25) is 0 Å². The monoisotopic (exact) mass is 282 g/mol. The maximum absolute atomic E-state index is 6.13. The van der Waals surface area contributed by atoms with E-state index in [-0.39, 0.29) is 11.7 Å². The van der Waals surface area contributed by atoms with E-state index in [0.717, 1.165) is 6.42 Å². The minimum Gasteiger partial charge on any atom is -0.368 e. The molecule has 0 N–H and O–H groups in total. The number of rotatable bonds is 1. The van der Waals surface area contributed by atoms with Crippen molar-refractivity contribution in [3.63, 3.8) is 0 Å². The van der Waals surface area contributed by atoms with Crippen LogP contribution in [0.3, 0.4) is 0 Å². The normalized spacial score (nSPS) is 20.6. The lowest BCUT2D eigenvalue weighted by atomic mass is 9.89. The summed E-state index contributed by atoms with van der Waals surface area (Å²) in [5, 5.41) is 0. The van der Waals surface area contributed by atoms with E-state index in [0.29, 0.717) is 0 Å². The molecule has 0 amide bonds. The van der Waals surface area contributed by atoms with Crippen LogP contribution < -0.4 is 0 Å². The molecule has 1 nitrogen and oxygen atoms in total. The Balaban J connectivity index is 2.26. The van der Waals surface area contributed by atoms with Crippen molar-refractivity contribution in [1.82, 2.24) is 0 Å². The Morgan fingerprint density at radius 1 is 1.31 bits per heavy atom. The molecule has 0 fully saturated rings. The van der Waals surface area contributed by atoms with E-state index in [9.17, 15) is 0 Å². The van der Waals surface area contributed by atoms with Gasteiger partial charge in [-0.15, -0.1) is 0 Å². The third kappa shape index (κ3) is 2.86. The number of benzene rings is 1. The van der Waals surface area contributed by atoms with Gasteiger partial charge in [-0.2, -0.15) is 0 Å². The van der Waals surface area contributed by atoms with Gasteiger partial charge in [-0.3, -0.25) is 0 Å². The molecular formula is C14H19BrO. The van der Waals surface area contributed by atoms with Crippen LogP contribution in [0.1, 0.15) is 50.8 Å². The first-order valence-electron chi connectivity index (χ1n) is 5.92. The van der Waals surface area contributed by atoms with Crippen LogP contribution in [0.2, 0.25) is 0 Å². The Bertz CT molecular complexity index is 379. The summed E-state index contributed by atoms with van der Waals surface area (Å²) in [5.74, 6) is 0. The van der Waals surface area contributed by atoms with Gasteiger partial charge in [0.15, 0.2) is 0 Å². The second-order valence-electron chi connectivity index (χ2n) is 5.45. The average Bonchev–Trinajstić information content (AvgIpc) is 2.15. The molecule has 0 aliphatic heterocycles. The summed E-state index contributed by atoms with van der Waals surface area (Å²) in [6.45, 7) is 6.38. The van der Waals surface area contributed by atoms with E-state index in [2.05, 4.69) is 54.9 Å². The van der Waals surface area contributed by atoms with Gasteiger partial charge < -0.3 is 4.74 Å². The second kappa shape index (κ2) is 4.50. The Hall–Kier alpha value is -0.340. The standard InChI is InChI=1S/C14H19BrO/c1-14(2,3)16-13-6-4-5-10-9-11(15)7-8-12(10)13/h7-9,13H,4-6H2,1-3H3. The molecule has 0 heterocycles. The molecule has 1 atom stereocenters. The number of halogens is 1. The van der Waals surface area contributed by atoms with Gasteiger partial charge in [-0.05, 0) is 63.3 Å². The molecule has 0 saturated carbocycles. The van der Waals surface area contributed by atoms with Crippen LogP contribution in [0.15, 0.2) is 22.7 Å². The third-order valence-corrected chi connectivity index (χ3v) is 3.35. The van der Waals surface area contributed by atoms with E-state index in [1.54, 1.807) is 0 Å². The molecule has 2 heteroatoms. The van der Waals surface area contributed by atoms with E-state index >= 15 is 0 Å². The van der Waals surface area contributed by atoms with Crippen LogP contribution in [0.5, 0.6) is 0 Å². The zero-order chi connectivity index (χ0) is 11.8. The first-order valence-corrected chi connectivity index (χ1v) is 6.71. The van der Waals surface area contributed by atoms with Crippen molar-refractivity contribution >= 4 is 15.9 Å². The van der Waals surface area contributed by atoms with E-state index in [1.807, 2.05) is 0 Å². The van der Waals surface area contributed by atoms with Gasteiger partial charge >= 0.3 is 0 Å². The highest BCUT2D eigenvalue weighted by Gasteiger charge is 2.25. The van der Waals surface area contributed by atoms with Crippen molar-refractivity contribution in [1.29, 1.82) is 0 Å². The maximum Gasteiger partial charge on any atom is 0.0834 e. The number of aryl methyl sites for hydroxylation is 1. The first-order chi connectivity index (χ1) is 7.46. The number of hydrogen-bond acceptors (Lipinski definition) is 1. The van der Waals surface area contributed by atoms with Gasteiger partial charge in [0, 0.05) is 4.47 Å². The molecule has 1 aromatic carbocycles. The summed E-state index contributed by atoms with van der Waals surface area (Å²) in [7, 11) is 0. The molecule has 0 bridgehead atoms. The van der Waals surface area contributed by atoms with Crippen molar-refractivity contribution in [2.24, 2.45) is 0 Å². The van der Waals surface area contributed by atoms with Crippen molar-refractivity contribution in [2.75, 3.05) is 0 Å². The van der Waals surface area contributed by atoms with E-state index in [4.69, 9.17) is 4.74 Å². The topological polar surface area (TPSA) is 9.23 Å². The lowest BCUT2D eigenvalue weighted by Gasteiger charge is -2.32. The molecule has 0 spiro atoms. The predicted octanol–water partition coefficient (Wildman–Crippen LogP) is 4.64. The van der Waals surface area contributed by atoms with E-state index < -0.39 is 0 Å². The molecule has 1 aliphatic rings. The van der Waals surface area contributed by atoms with Crippen LogP contribution >= 0.6 is 15.9 Å². The Morgan fingerprint density at radius 3 is 2.75 bits per heavy atom. The van der Waals surface area contributed by atoms with Crippen LogP contribution in [-0.4, -0.2) is 5.60 Å². The lowest BCUT2D eigenvalue weighted by molar-refractivity contribution is -0.0684. The first kappa shape index (κ1) is 12.1. The zero-order valence-corrected chi connectivity index (χ0v) is 11.8. The molecule has 0 aromatic heterocycles. The van der Waals surface area contributed by atoms with Gasteiger partial charge in [-0.1, -0.05) is 22.0 Å². The zero-order valence-electron chi connectivity index (χ0n) is 10.2. The molecule has 0 saturated heterocycles. The summed E-state index contributed by atoms with van der Waals surface area (Å²) >= 11 is 3.53. The van der Waals surface area contributed by atoms with Gasteiger partial charge in [0.1, 0.15) is 0 Å².